The van der Waals surface area contributed by atoms with E-state index in [1.807, 2.05) is 17.5 Å². The molecular weight excluding hydrogens is 248 g/mol. The zero-order valence-corrected chi connectivity index (χ0v) is 10.8. The molecular formula is C13H14N2O2S. The molecule has 0 saturated heterocycles. The SMILES string of the molecule is C[C@H](NCc1cccc(C(=O)O)n1)c1cccs1. The summed E-state index contributed by atoms with van der Waals surface area (Å²) >= 11 is 1.70. The molecule has 0 aliphatic carbocycles. The zero-order chi connectivity index (χ0) is 13.0. The molecule has 0 amide bonds. The van der Waals surface area contributed by atoms with Crippen molar-refractivity contribution in [1.82, 2.24) is 10.3 Å². The number of aromatic carboxylic acids is 1. The first-order chi connectivity index (χ1) is 8.66. The topological polar surface area (TPSA) is 62.2 Å². The molecule has 2 rings (SSSR count). The van der Waals surface area contributed by atoms with Crippen LogP contribution >= 0.6 is 11.3 Å². The monoisotopic (exact) mass is 262 g/mol. The van der Waals surface area contributed by atoms with Crippen LogP contribution in [0.4, 0.5) is 0 Å². The first-order valence-electron chi connectivity index (χ1n) is 5.63. The van der Waals surface area contributed by atoms with Crippen molar-refractivity contribution in [3.8, 4) is 0 Å². The van der Waals surface area contributed by atoms with Gasteiger partial charge in [0, 0.05) is 17.5 Å². The van der Waals surface area contributed by atoms with E-state index in [2.05, 4.69) is 23.3 Å². The quantitative estimate of drug-likeness (QED) is 0.869. The molecule has 18 heavy (non-hydrogen) atoms. The van der Waals surface area contributed by atoms with E-state index < -0.39 is 5.97 Å². The zero-order valence-electron chi connectivity index (χ0n) is 9.96. The highest BCUT2D eigenvalue weighted by Crippen LogP contribution is 2.18. The Kier molecular flexibility index (Phi) is 4.07. The predicted octanol–water partition coefficient (Wildman–Crippen LogP) is 2.69. The van der Waals surface area contributed by atoms with Gasteiger partial charge in [0.1, 0.15) is 5.69 Å². The van der Waals surface area contributed by atoms with Gasteiger partial charge in [-0.05, 0) is 30.5 Å². The van der Waals surface area contributed by atoms with Crippen LogP contribution in [-0.4, -0.2) is 16.1 Å². The molecule has 0 spiro atoms. The molecule has 4 nitrogen and oxygen atoms in total. The van der Waals surface area contributed by atoms with Crippen molar-refractivity contribution in [1.29, 1.82) is 0 Å². The van der Waals surface area contributed by atoms with E-state index in [1.54, 1.807) is 17.4 Å². The van der Waals surface area contributed by atoms with Gasteiger partial charge in [0.25, 0.3) is 0 Å². The van der Waals surface area contributed by atoms with Crippen molar-refractivity contribution in [2.24, 2.45) is 0 Å². The summed E-state index contributed by atoms with van der Waals surface area (Å²) in [6.45, 7) is 2.63. The van der Waals surface area contributed by atoms with Gasteiger partial charge in [-0.2, -0.15) is 0 Å². The van der Waals surface area contributed by atoms with Crippen LogP contribution in [0.1, 0.15) is 34.0 Å². The van der Waals surface area contributed by atoms with Gasteiger partial charge in [0.15, 0.2) is 0 Å². The molecule has 0 fully saturated rings. The van der Waals surface area contributed by atoms with Crippen LogP contribution in [0, 0.1) is 0 Å². The molecule has 0 aliphatic heterocycles. The maximum absolute atomic E-state index is 10.8. The van der Waals surface area contributed by atoms with Crippen LogP contribution in [-0.2, 0) is 6.54 Å². The minimum absolute atomic E-state index is 0.0816. The standard InChI is InChI=1S/C13H14N2O2S/c1-9(12-6-3-7-18-12)14-8-10-4-2-5-11(15-10)13(16)17/h2-7,9,14H,8H2,1H3,(H,16,17)/t9-/m0/s1. The van der Waals surface area contributed by atoms with Gasteiger partial charge >= 0.3 is 5.97 Å². The predicted molar refractivity (Wildman–Crippen MR) is 70.8 cm³/mol. The van der Waals surface area contributed by atoms with E-state index >= 15 is 0 Å². The summed E-state index contributed by atoms with van der Waals surface area (Å²) in [6.07, 6.45) is 0. The lowest BCUT2D eigenvalue weighted by molar-refractivity contribution is 0.0690. The number of nitrogens with zero attached hydrogens (tertiary/aromatic N) is 1. The largest absolute Gasteiger partial charge is 0.477 e. The summed E-state index contributed by atoms with van der Waals surface area (Å²) in [5.74, 6) is -0.997. The summed E-state index contributed by atoms with van der Waals surface area (Å²) in [6, 6.07) is 9.35. The highest BCUT2D eigenvalue weighted by molar-refractivity contribution is 7.10. The normalized spacial score (nSPS) is 12.3. The number of nitrogens with one attached hydrogen (secondary N) is 1. The van der Waals surface area contributed by atoms with Crippen LogP contribution in [0.5, 0.6) is 0 Å². The van der Waals surface area contributed by atoms with Crippen LogP contribution in [0.2, 0.25) is 0 Å². The molecule has 2 aromatic heterocycles. The molecule has 0 bridgehead atoms. The molecule has 2 aromatic rings. The first-order valence-corrected chi connectivity index (χ1v) is 6.51. The Hall–Kier alpha value is -1.72. The number of carbonyl (C=O) groups is 1. The van der Waals surface area contributed by atoms with Crippen molar-refractivity contribution in [3.05, 3.63) is 52.0 Å². The summed E-state index contributed by atoms with van der Waals surface area (Å²) < 4.78 is 0. The Labute approximate surface area is 109 Å². The van der Waals surface area contributed by atoms with Gasteiger partial charge in [-0.3, -0.25) is 0 Å². The third-order valence-corrected chi connectivity index (χ3v) is 3.64. The third kappa shape index (κ3) is 3.15. The van der Waals surface area contributed by atoms with Crippen molar-refractivity contribution < 1.29 is 9.90 Å². The molecule has 0 radical (unpaired) electrons. The number of hydrogen-bond donors (Lipinski definition) is 2. The number of pyridine rings is 1. The van der Waals surface area contributed by atoms with E-state index in [9.17, 15) is 4.79 Å². The summed E-state index contributed by atoms with van der Waals surface area (Å²) in [5, 5.41) is 14.2. The average Bonchev–Trinajstić information content (AvgIpc) is 2.90. The Morgan fingerprint density at radius 2 is 2.28 bits per heavy atom. The van der Waals surface area contributed by atoms with Crippen molar-refractivity contribution in [2.75, 3.05) is 0 Å². The highest BCUT2D eigenvalue weighted by atomic mass is 32.1. The number of carboxylic acids is 1. The molecule has 0 aromatic carbocycles. The Bertz CT molecular complexity index is 526. The third-order valence-electron chi connectivity index (χ3n) is 2.59. The molecule has 0 saturated carbocycles. The van der Waals surface area contributed by atoms with Crippen molar-refractivity contribution in [3.63, 3.8) is 0 Å². The number of aromatic nitrogens is 1. The van der Waals surface area contributed by atoms with Gasteiger partial charge in [-0.25, -0.2) is 9.78 Å². The number of carboxylic acid groups (broad SMARTS) is 1. The summed E-state index contributed by atoms with van der Waals surface area (Å²) in [7, 11) is 0. The minimum atomic E-state index is -0.997. The second-order valence-corrected chi connectivity index (χ2v) is 4.92. The highest BCUT2D eigenvalue weighted by Gasteiger charge is 2.08. The van der Waals surface area contributed by atoms with Crippen LogP contribution in [0.3, 0.4) is 0 Å². The second-order valence-electron chi connectivity index (χ2n) is 3.94. The van der Waals surface area contributed by atoms with E-state index in [0.29, 0.717) is 6.54 Å². The average molecular weight is 262 g/mol. The van der Waals surface area contributed by atoms with Gasteiger partial charge in [0.2, 0.25) is 0 Å². The van der Waals surface area contributed by atoms with Crippen molar-refractivity contribution >= 4 is 17.3 Å². The molecule has 94 valence electrons. The second kappa shape index (κ2) is 5.75. The lowest BCUT2D eigenvalue weighted by Gasteiger charge is -2.11. The fraction of sp³-hybridized carbons (Fsp3) is 0.231. The van der Waals surface area contributed by atoms with Gasteiger partial charge in [-0.15, -0.1) is 11.3 Å². The van der Waals surface area contributed by atoms with Gasteiger partial charge in [0.05, 0.1) is 5.69 Å². The maximum atomic E-state index is 10.8. The number of rotatable bonds is 5. The fourth-order valence-electron chi connectivity index (χ4n) is 1.59. The Balaban J connectivity index is 1.98. The fourth-order valence-corrected chi connectivity index (χ4v) is 2.35. The summed E-state index contributed by atoms with van der Waals surface area (Å²) in [5.41, 5.74) is 0.816. The molecule has 2 N–H and O–H groups in total. The van der Waals surface area contributed by atoms with E-state index in [4.69, 9.17) is 5.11 Å². The Morgan fingerprint density at radius 3 is 2.94 bits per heavy atom. The maximum Gasteiger partial charge on any atom is 0.354 e. The minimum Gasteiger partial charge on any atom is -0.477 e. The molecule has 5 heteroatoms. The first kappa shape index (κ1) is 12.7. The van der Waals surface area contributed by atoms with Gasteiger partial charge < -0.3 is 10.4 Å². The summed E-state index contributed by atoms with van der Waals surface area (Å²) in [4.78, 5) is 16.1. The molecule has 2 heterocycles. The Morgan fingerprint density at radius 1 is 1.44 bits per heavy atom. The van der Waals surface area contributed by atoms with Gasteiger partial charge in [-0.1, -0.05) is 12.1 Å². The van der Waals surface area contributed by atoms with Crippen LogP contribution < -0.4 is 5.32 Å². The van der Waals surface area contributed by atoms with E-state index in [-0.39, 0.29) is 11.7 Å². The van der Waals surface area contributed by atoms with Crippen LogP contribution in [0.25, 0.3) is 0 Å². The van der Waals surface area contributed by atoms with E-state index in [1.165, 1.54) is 10.9 Å². The molecule has 0 unspecified atom stereocenters. The molecule has 1 atom stereocenters. The lowest BCUT2D eigenvalue weighted by atomic mass is 10.2. The lowest BCUT2D eigenvalue weighted by Crippen LogP contribution is -2.18. The number of thiophene rings is 1. The smallest absolute Gasteiger partial charge is 0.354 e. The molecule has 0 aliphatic rings. The van der Waals surface area contributed by atoms with Crippen LogP contribution in [0.15, 0.2) is 35.7 Å². The van der Waals surface area contributed by atoms with E-state index in [0.717, 1.165) is 5.69 Å². The number of hydrogen-bond acceptors (Lipinski definition) is 4. The van der Waals surface area contributed by atoms with Crippen molar-refractivity contribution in [2.45, 2.75) is 19.5 Å².